The molecule has 138 heavy (non-hydrogen) atoms. The van der Waals surface area contributed by atoms with Gasteiger partial charge in [-0.1, -0.05) is 87.0 Å². The Morgan fingerprint density at radius 1 is 0.210 bits per heavy atom. The quantitative estimate of drug-likeness (QED) is 0.0881. The number of aryl methyl sites for hydroxylation is 4. The number of nitrogens with zero attached hydrogens (tertiary/aromatic N) is 32. The average Bonchev–Trinajstić information content (AvgIpc) is 0.742. The molecule has 684 valence electrons. The van der Waals surface area contributed by atoms with Gasteiger partial charge in [0.1, 0.15) is 135 Å². The summed E-state index contributed by atoms with van der Waals surface area (Å²) in [6.07, 6.45) is -44.3. The first-order chi connectivity index (χ1) is 64.6. The van der Waals surface area contributed by atoms with Gasteiger partial charge in [-0.2, -0.15) is 135 Å². The molecule has 0 unspecified atom stereocenters. The van der Waals surface area contributed by atoms with E-state index in [2.05, 4.69) is 139 Å². The van der Waals surface area contributed by atoms with Crippen molar-refractivity contribution in [3.8, 4) is 46.8 Å². The van der Waals surface area contributed by atoms with Gasteiger partial charge in [-0.3, -0.25) is 0 Å². The van der Waals surface area contributed by atoms with E-state index in [1.807, 2.05) is 0 Å². The van der Waals surface area contributed by atoms with Crippen molar-refractivity contribution in [3.63, 3.8) is 0 Å². The number of alkyl halides is 24. The van der Waals surface area contributed by atoms with E-state index >= 15 is 0 Å². The first-order valence-electron chi connectivity index (χ1n) is 36.7. The first-order valence-corrected chi connectivity index (χ1v) is 36.7. The molecular formula is C80H22F26N32. The Bertz CT molecular complexity index is 8220. The summed E-state index contributed by atoms with van der Waals surface area (Å²) in [6, 6.07) is 23.3. The van der Waals surface area contributed by atoms with Crippen LogP contribution in [0.1, 0.15) is 91.1 Å². The molecule has 0 saturated heterocycles. The Morgan fingerprint density at radius 2 is 0.355 bits per heavy atom. The minimum absolute atomic E-state index is 0.139. The minimum Gasteiger partial charge on any atom is -0.358 e. The van der Waals surface area contributed by atoms with Crippen molar-refractivity contribution in [3.05, 3.63) is 209 Å². The first kappa shape index (κ1) is 94.2. The fourth-order valence-electron chi connectivity index (χ4n) is 13.2. The van der Waals surface area contributed by atoms with Crippen molar-refractivity contribution in [2.45, 2.75) is 77.1 Å². The van der Waals surface area contributed by atoms with Crippen molar-refractivity contribution in [1.82, 2.24) is 120 Å². The maximum atomic E-state index is 13.9. The van der Waals surface area contributed by atoms with Gasteiger partial charge >= 0.3 is 72.7 Å². The number of aromatic nitrogens is 24. The van der Waals surface area contributed by atoms with E-state index in [0.717, 1.165) is 0 Å². The molecule has 0 aliphatic carbocycles. The second-order valence-electron chi connectivity index (χ2n) is 27.8. The fourth-order valence-corrected chi connectivity index (χ4v) is 13.2. The smallest absolute Gasteiger partial charge is 0.358 e. The molecular weight excluding hydrogens is 1900 g/mol. The average molecular weight is 1930 g/mol. The van der Waals surface area contributed by atoms with Gasteiger partial charge in [0.15, 0.2) is 68.3 Å². The fraction of sp³-hybridized carbons (Fsp3) is 0.150. The summed E-state index contributed by atoms with van der Waals surface area (Å²) >= 11 is 0. The van der Waals surface area contributed by atoms with Crippen LogP contribution in [-0.2, 0) is 49.4 Å². The summed E-state index contributed by atoms with van der Waals surface area (Å²) in [5, 5.41) is 37.0. The number of halogens is 26. The SMILES string of the molecule is [C-]#[N+]c1nc2c(nc1C#N)c1nc(C(F)(F)F)c(C(F)(F)F)nc1c1nc(-c3ccccc3)c(-c3ccccc3)nc21.[C-]#[N+]c1nc2c3nc(C)c(C)nc3c3nc(C(F)(F)F)c(C(F)(F)F)nc3c2nc1C#N.[C-]#[N+]c1nc2c3nc(C)c(C)nc3c3nc(C(F)(F)F)c(C(F)(F)F)nc3c2nc1C#N.[C-]#[N+]c1nc2c3nc(F)c(F)nc3c3nc(C(F)(F)F)c(C(F)(F)F)nc3c2nc1C#N. The summed E-state index contributed by atoms with van der Waals surface area (Å²) < 4.78 is 352. The van der Waals surface area contributed by atoms with Crippen molar-refractivity contribution in [2.75, 3.05) is 0 Å². The Morgan fingerprint density at radius 3 is 0.514 bits per heavy atom. The normalized spacial score (nSPS) is 12.2. The van der Waals surface area contributed by atoms with Gasteiger partial charge in [0.05, 0.1) is 34.2 Å². The maximum Gasteiger partial charge on any atom is 0.435 e. The van der Waals surface area contributed by atoms with Crippen molar-refractivity contribution in [1.29, 1.82) is 21.0 Å². The third-order valence-corrected chi connectivity index (χ3v) is 19.2. The Labute approximate surface area is 741 Å². The molecule has 0 atom stereocenters. The van der Waals surface area contributed by atoms with Crippen LogP contribution in [0, 0.1) is 111 Å². The predicted molar refractivity (Wildman–Crippen MR) is 417 cm³/mol. The molecule has 0 radical (unpaired) electrons. The highest BCUT2D eigenvalue weighted by Gasteiger charge is 2.52. The zero-order valence-corrected chi connectivity index (χ0v) is 66.9. The third kappa shape index (κ3) is 16.6. The lowest BCUT2D eigenvalue weighted by atomic mass is 10.0. The molecule has 58 heteroatoms. The van der Waals surface area contributed by atoms with Crippen molar-refractivity contribution >= 4 is 156 Å². The van der Waals surface area contributed by atoms with E-state index in [1.54, 1.807) is 92.7 Å². The lowest BCUT2D eigenvalue weighted by Gasteiger charge is -2.16. The second kappa shape index (κ2) is 33.3. The molecule has 0 fully saturated rings. The molecule has 0 bridgehead atoms. The van der Waals surface area contributed by atoms with Gasteiger partial charge in [0, 0.05) is 11.1 Å². The molecule has 6 aromatic carbocycles. The molecule has 0 amide bonds. The van der Waals surface area contributed by atoms with Gasteiger partial charge in [0.25, 0.3) is 11.9 Å². The predicted octanol–water partition coefficient (Wildman–Crippen LogP) is 20.8. The number of benzene rings is 6. The summed E-state index contributed by atoms with van der Waals surface area (Å²) in [6.45, 7) is 34.8. The maximum absolute atomic E-state index is 13.9. The van der Waals surface area contributed by atoms with Crippen molar-refractivity contribution < 1.29 is 114 Å². The molecule has 12 heterocycles. The van der Waals surface area contributed by atoms with Crippen LogP contribution in [0.5, 0.6) is 0 Å². The third-order valence-electron chi connectivity index (χ3n) is 19.2. The molecule has 0 N–H and O–H groups in total. The van der Waals surface area contributed by atoms with E-state index in [1.165, 1.54) is 19.9 Å². The van der Waals surface area contributed by atoms with E-state index in [9.17, 15) is 130 Å². The van der Waals surface area contributed by atoms with Crippen LogP contribution < -0.4 is 0 Å². The summed E-state index contributed by atoms with van der Waals surface area (Å²) in [5.41, 5.74) is -30.9. The standard InChI is InChI=1S/C28H10F6N8.2C18H6F6N8.C16F8N8/c1-36-26-15(12-35)37-18-21-22(41-25(28(32,33)34)24(40-21)27(29,30)31)19-20(23(18)42-26)39-17(14-10-6-3-7-11-14)16(38-19)13-8-4-2-5-9-13;2*1-5-6(2)28-9-8(27-5)11-12(10-13(9)32-16(26-3)7(4-25)29-10)31-15(18(22,23)24)14(30-11)17(19,20)21;1-26-14-3(2-25)27-4-5-6(7-8(9(4)32-14)31-13(18)12(17)30-7)29-11(16(22,23)24)10(28-5)15(19,20)21/h2-11H;2*1-2H3;. The number of hydrogen-bond acceptors (Lipinski definition) is 28. The highest BCUT2D eigenvalue weighted by atomic mass is 19.4. The molecule has 18 aromatic rings. The molecule has 0 aliphatic heterocycles. The molecule has 0 saturated carbocycles. The number of fused-ring (bicyclic) bond motifs is 24. The largest absolute Gasteiger partial charge is 0.435 e. The van der Waals surface area contributed by atoms with Gasteiger partial charge in [0.2, 0.25) is 22.1 Å². The van der Waals surface area contributed by atoms with Gasteiger partial charge in [-0.15, -0.1) is 19.9 Å². The number of nitriles is 4. The molecule has 18 rings (SSSR count). The number of hydrogen-bond donors (Lipinski definition) is 0. The second-order valence-corrected chi connectivity index (χ2v) is 27.8. The summed E-state index contributed by atoms with van der Waals surface area (Å²) in [5.74, 6) is -5.79. The molecule has 0 spiro atoms. The zero-order valence-electron chi connectivity index (χ0n) is 66.9. The lowest BCUT2D eigenvalue weighted by molar-refractivity contribution is -0.167. The van der Waals surface area contributed by atoms with E-state index in [4.69, 9.17) is 31.6 Å². The minimum atomic E-state index is -5.64. The number of rotatable bonds is 2. The lowest BCUT2D eigenvalue weighted by Crippen LogP contribution is -2.21. The van der Waals surface area contributed by atoms with Crippen LogP contribution in [0.4, 0.5) is 137 Å². The Balaban J connectivity index is 0.000000141. The van der Waals surface area contributed by atoms with Crippen LogP contribution in [0.2, 0.25) is 0 Å². The van der Waals surface area contributed by atoms with Gasteiger partial charge in [-0.05, 0) is 27.7 Å². The Hall–Kier alpha value is -18.5. The highest BCUT2D eigenvalue weighted by molar-refractivity contribution is 6.22. The highest BCUT2D eigenvalue weighted by Crippen LogP contribution is 2.49. The zero-order chi connectivity index (χ0) is 101. The molecule has 0 aliphatic rings. The summed E-state index contributed by atoms with van der Waals surface area (Å²) in [4.78, 5) is 101. The van der Waals surface area contributed by atoms with Crippen LogP contribution >= 0.6 is 0 Å². The van der Waals surface area contributed by atoms with E-state index in [0.29, 0.717) is 22.5 Å². The van der Waals surface area contributed by atoms with Gasteiger partial charge < -0.3 is 19.4 Å². The van der Waals surface area contributed by atoms with Crippen molar-refractivity contribution in [2.24, 2.45) is 0 Å². The van der Waals surface area contributed by atoms with Crippen LogP contribution in [0.15, 0.2) is 60.7 Å². The molecule has 12 aromatic heterocycles. The van der Waals surface area contributed by atoms with Crippen LogP contribution in [0.25, 0.3) is 174 Å². The monoisotopic (exact) mass is 1920 g/mol. The van der Waals surface area contributed by atoms with Crippen LogP contribution in [-0.4, -0.2) is 120 Å². The summed E-state index contributed by atoms with van der Waals surface area (Å²) in [7, 11) is 0. The van der Waals surface area contributed by atoms with Gasteiger partial charge in [-0.25, -0.2) is 99.7 Å². The van der Waals surface area contributed by atoms with E-state index < -0.39 is 236 Å². The van der Waals surface area contributed by atoms with Crippen LogP contribution in [0.3, 0.4) is 0 Å². The van der Waals surface area contributed by atoms with E-state index in [-0.39, 0.29) is 72.4 Å². The molecule has 32 nitrogen and oxygen atoms in total. The Kier molecular flexibility index (Phi) is 22.8. The topological polar surface area (TPSA) is 422 Å².